The molecule has 1 fully saturated rings. The maximum Gasteiger partial charge on any atom is 0.309 e. The Morgan fingerprint density at radius 1 is 1.17 bits per heavy atom. The van der Waals surface area contributed by atoms with E-state index in [1.165, 1.54) is 12.0 Å². The van der Waals surface area contributed by atoms with Gasteiger partial charge in [0.25, 0.3) is 5.89 Å². The zero-order valence-corrected chi connectivity index (χ0v) is 13.6. The van der Waals surface area contributed by atoms with Crippen LogP contribution in [0.15, 0.2) is 28.7 Å². The number of hydrogen-bond acceptors (Lipinski definition) is 5. The fourth-order valence-electron chi connectivity index (χ4n) is 2.87. The van der Waals surface area contributed by atoms with Gasteiger partial charge < -0.3 is 9.15 Å². The maximum atomic E-state index is 12.2. The first-order valence-electron chi connectivity index (χ1n) is 8.24. The molecule has 1 aliphatic carbocycles. The molecule has 1 aromatic carbocycles. The first-order valence-corrected chi connectivity index (χ1v) is 8.24. The van der Waals surface area contributed by atoms with Gasteiger partial charge in [-0.3, -0.25) is 4.79 Å². The summed E-state index contributed by atoms with van der Waals surface area (Å²) in [4.78, 5) is 12.2. The van der Waals surface area contributed by atoms with Crippen LogP contribution < -0.4 is 0 Å². The van der Waals surface area contributed by atoms with E-state index in [1.807, 2.05) is 31.2 Å². The fourth-order valence-corrected chi connectivity index (χ4v) is 2.87. The van der Waals surface area contributed by atoms with Crippen molar-refractivity contribution in [3.63, 3.8) is 0 Å². The second kappa shape index (κ2) is 6.94. The summed E-state index contributed by atoms with van der Waals surface area (Å²) in [5.74, 6) is 0.656. The minimum absolute atomic E-state index is 0.0192. The van der Waals surface area contributed by atoms with Gasteiger partial charge in [0.15, 0.2) is 6.10 Å². The van der Waals surface area contributed by atoms with Gasteiger partial charge in [-0.1, -0.05) is 37.0 Å². The molecule has 2 aromatic rings. The molecule has 0 radical (unpaired) electrons. The Morgan fingerprint density at radius 3 is 2.57 bits per heavy atom. The van der Waals surface area contributed by atoms with Gasteiger partial charge in [-0.05, 0) is 38.8 Å². The second-order valence-corrected chi connectivity index (χ2v) is 6.23. The molecular weight excluding hydrogens is 292 g/mol. The smallest absolute Gasteiger partial charge is 0.309 e. The first-order chi connectivity index (χ1) is 11.1. The molecule has 1 aromatic heterocycles. The molecule has 23 heavy (non-hydrogen) atoms. The van der Waals surface area contributed by atoms with E-state index in [0.29, 0.717) is 11.8 Å². The lowest BCUT2D eigenvalue weighted by Gasteiger charge is -2.21. The van der Waals surface area contributed by atoms with Crippen molar-refractivity contribution < 1.29 is 13.9 Å². The molecule has 0 N–H and O–H groups in total. The highest BCUT2D eigenvalue weighted by atomic mass is 16.6. The van der Waals surface area contributed by atoms with Gasteiger partial charge in [0, 0.05) is 5.56 Å². The van der Waals surface area contributed by atoms with Crippen molar-refractivity contribution in [3.8, 4) is 11.5 Å². The Balaban J connectivity index is 1.64. The number of aromatic nitrogens is 2. The zero-order valence-electron chi connectivity index (χ0n) is 13.6. The number of nitrogens with zero attached hydrogens (tertiary/aromatic N) is 2. The molecule has 1 atom stereocenters. The van der Waals surface area contributed by atoms with E-state index in [9.17, 15) is 4.79 Å². The van der Waals surface area contributed by atoms with Gasteiger partial charge in [-0.2, -0.15) is 0 Å². The Morgan fingerprint density at radius 2 is 1.87 bits per heavy atom. The summed E-state index contributed by atoms with van der Waals surface area (Å²) in [6.07, 6.45) is 4.74. The molecule has 5 nitrogen and oxygen atoms in total. The molecule has 5 heteroatoms. The topological polar surface area (TPSA) is 65.2 Å². The molecule has 122 valence electrons. The van der Waals surface area contributed by atoms with Crippen LogP contribution in [0.25, 0.3) is 11.5 Å². The van der Waals surface area contributed by atoms with E-state index in [-0.39, 0.29) is 11.9 Å². The van der Waals surface area contributed by atoms with Crippen LogP contribution in [-0.4, -0.2) is 16.2 Å². The van der Waals surface area contributed by atoms with E-state index < -0.39 is 6.10 Å². The van der Waals surface area contributed by atoms with Gasteiger partial charge in [-0.25, -0.2) is 0 Å². The van der Waals surface area contributed by atoms with Crippen LogP contribution in [0, 0.1) is 12.8 Å². The number of hydrogen-bond donors (Lipinski definition) is 0. The molecule has 0 bridgehead atoms. The van der Waals surface area contributed by atoms with Crippen molar-refractivity contribution >= 4 is 5.97 Å². The molecule has 0 saturated heterocycles. The SMILES string of the molecule is Cc1ccc(-c2nnc([C@H](C)OC(=O)C3CCCCC3)o2)cc1. The Kier molecular flexibility index (Phi) is 4.74. The molecule has 0 spiro atoms. The van der Waals surface area contributed by atoms with Crippen LogP contribution in [0.5, 0.6) is 0 Å². The molecule has 0 unspecified atom stereocenters. The molecule has 1 heterocycles. The number of carbonyl (C=O) groups is 1. The normalized spacial score (nSPS) is 17.0. The molecule has 1 aliphatic rings. The zero-order chi connectivity index (χ0) is 16.2. The predicted molar refractivity (Wildman–Crippen MR) is 85.6 cm³/mol. The summed E-state index contributed by atoms with van der Waals surface area (Å²) in [6.45, 7) is 3.79. The van der Waals surface area contributed by atoms with Gasteiger partial charge in [0.05, 0.1) is 5.92 Å². The van der Waals surface area contributed by atoms with Crippen molar-refractivity contribution in [3.05, 3.63) is 35.7 Å². The Bertz CT molecular complexity index is 657. The highest BCUT2D eigenvalue weighted by molar-refractivity contribution is 5.72. The minimum atomic E-state index is -0.517. The quantitative estimate of drug-likeness (QED) is 0.790. The van der Waals surface area contributed by atoms with Crippen LogP contribution in [0.1, 0.15) is 56.6 Å². The lowest BCUT2D eigenvalue weighted by molar-refractivity contribution is -0.155. The van der Waals surface area contributed by atoms with Crippen LogP contribution in [-0.2, 0) is 9.53 Å². The predicted octanol–water partition coefficient (Wildman–Crippen LogP) is 4.23. The number of carbonyl (C=O) groups excluding carboxylic acids is 1. The van der Waals surface area contributed by atoms with Crippen LogP contribution in [0.3, 0.4) is 0 Å². The van der Waals surface area contributed by atoms with E-state index >= 15 is 0 Å². The van der Waals surface area contributed by atoms with E-state index in [2.05, 4.69) is 10.2 Å². The summed E-state index contributed by atoms with van der Waals surface area (Å²) in [5, 5.41) is 8.07. The molecular formula is C18H22N2O3. The van der Waals surface area contributed by atoms with Crippen LogP contribution >= 0.6 is 0 Å². The van der Waals surface area contributed by atoms with Crippen molar-refractivity contribution in [2.24, 2.45) is 5.92 Å². The average Bonchev–Trinajstić information content (AvgIpc) is 3.06. The van der Waals surface area contributed by atoms with E-state index in [4.69, 9.17) is 9.15 Å². The standard InChI is InChI=1S/C18H22N2O3/c1-12-8-10-14(11-9-12)17-20-19-16(23-17)13(2)22-18(21)15-6-4-3-5-7-15/h8-11,13,15H,3-7H2,1-2H3/t13-/m0/s1. The van der Waals surface area contributed by atoms with Crippen LogP contribution in [0.2, 0.25) is 0 Å². The number of benzene rings is 1. The Hall–Kier alpha value is -2.17. The summed E-state index contributed by atoms with van der Waals surface area (Å²) < 4.78 is 11.2. The second-order valence-electron chi connectivity index (χ2n) is 6.23. The third kappa shape index (κ3) is 3.78. The highest BCUT2D eigenvalue weighted by Crippen LogP contribution is 2.28. The third-order valence-electron chi connectivity index (χ3n) is 4.32. The van der Waals surface area contributed by atoms with E-state index in [1.54, 1.807) is 6.92 Å². The minimum Gasteiger partial charge on any atom is -0.452 e. The summed E-state index contributed by atoms with van der Waals surface area (Å²) in [6, 6.07) is 7.86. The average molecular weight is 314 g/mol. The number of esters is 1. The van der Waals surface area contributed by atoms with Gasteiger partial charge in [0.2, 0.25) is 5.89 Å². The first kappa shape index (κ1) is 15.7. The molecule has 1 saturated carbocycles. The molecule has 3 rings (SSSR count). The molecule has 0 amide bonds. The highest BCUT2D eigenvalue weighted by Gasteiger charge is 2.26. The summed E-state index contributed by atoms with van der Waals surface area (Å²) in [7, 11) is 0. The number of aryl methyl sites for hydroxylation is 1. The fraction of sp³-hybridized carbons (Fsp3) is 0.500. The Labute approximate surface area is 136 Å². The largest absolute Gasteiger partial charge is 0.452 e. The maximum absolute atomic E-state index is 12.2. The number of ether oxygens (including phenoxy) is 1. The monoisotopic (exact) mass is 314 g/mol. The van der Waals surface area contributed by atoms with Gasteiger partial charge in [0.1, 0.15) is 0 Å². The lowest BCUT2D eigenvalue weighted by Crippen LogP contribution is -2.21. The molecule has 0 aliphatic heterocycles. The summed E-state index contributed by atoms with van der Waals surface area (Å²) in [5.41, 5.74) is 2.03. The van der Waals surface area contributed by atoms with Gasteiger partial charge in [-0.15, -0.1) is 10.2 Å². The van der Waals surface area contributed by atoms with Gasteiger partial charge >= 0.3 is 5.97 Å². The van der Waals surface area contributed by atoms with Crippen molar-refractivity contribution in [2.75, 3.05) is 0 Å². The van der Waals surface area contributed by atoms with Crippen molar-refractivity contribution in [2.45, 2.75) is 52.1 Å². The van der Waals surface area contributed by atoms with E-state index in [0.717, 1.165) is 31.2 Å². The number of rotatable bonds is 4. The van der Waals surface area contributed by atoms with Crippen molar-refractivity contribution in [1.82, 2.24) is 10.2 Å². The third-order valence-corrected chi connectivity index (χ3v) is 4.32. The van der Waals surface area contributed by atoms with Crippen LogP contribution in [0.4, 0.5) is 0 Å². The van der Waals surface area contributed by atoms with Crippen molar-refractivity contribution in [1.29, 1.82) is 0 Å². The summed E-state index contributed by atoms with van der Waals surface area (Å²) >= 11 is 0. The lowest BCUT2D eigenvalue weighted by atomic mass is 9.89.